The molecule has 1 aliphatic carbocycles. The number of nitrogens with zero attached hydrogens (tertiary/aromatic N) is 4. The van der Waals surface area contributed by atoms with Crippen LogP contribution in [-0.4, -0.2) is 50.7 Å². The molecule has 1 saturated heterocycles. The monoisotopic (exact) mass is 519 g/mol. The quantitative estimate of drug-likeness (QED) is 0.295. The molecule has 1 aliphatic heterocycles. The lowest BCUT2D eigenvalue weighted by Gasteiger charge is -2.28. The highest BCUT2D eigenvalue weighted by Crippen LogP contribution is 2.39. The molecular weight excluding hydrogens is 493 g/mol. The fourth-order valence-electron chi connectivity index (χ4n) is 5.00. The number of carbonyl (C=O) groups is 1. The molecule has 0 unspecified atom stereocenters. The third kappa shape index (κ3) is 4.67. The normalized spacial score (nSPS) is 16.8. The number of ketones is 1. The molecule has 2 fully saturated rings. The average Bonchev–Trinajstić information content (AvgIpc) is 3.65. The maximum Gasteiger partial charge on any atom is 0.170 e. The Hall–Kier alpha value is -3.49. The standard InChI is InChI=1S/C28H27ClFN5O2/c1-34-8-6-20(7-9-34)35-15-19(13-32-35)33-26-21-10-17(18-11-23(29)28(37)24(30)12-18)4-5-25(21)31-14-22(26)27(36)16-2-3-16/h4-5,10-16,20,37H,2-3,6-9H2,1H3,(H,31,33). The van der Waals surface area contributed by atoms with Gasteiger partial charge in [-0.25, -0.2) is 4.39 Å². The first kappa shape index (κ1) is 23.9. The van der Waals surface area contributed by atoms with E-state index in [1.807, 2.05) is 29.1 Å². The van der Waals surface area contributed by atoms with E-state index in [0.717, 1.165) is 49.8 Å². The van der Waals surface area contributed by atoms with Crippen LogP contribution in [0.25, 0.3) is 22.0 Å². The molecule has 37 heavy (non-hydrogen) atoms. The Morgan fingerprint density at radius 3 is 2.62 bits per heavy atom. The van der Waals surface area contributed by atoms with Crippen LogP contribution in [0.2, 0.25) is 5.02 Å². The van der Waals surface area contributed by atoms with E-state index in [9.17, 15) is 14.3 Å². The molecule has 4 aromatic rings. The summed E-state index contributed by atoms with van der Waals surface area (Å²) >= 11 is 6.04. The number of phenols is 1. The van der Waals surface area contributed by atoms with Crippen molar-refractivity contribution >= 4 is 39.7 Å². The van der Waals surface area contributed by atoms with Crippen molar-refractivity contribution in [3.05, 3.63) is 65.3 Å². The van der Waals surface area contributed by atoms with Gasteiger partial charge in [0.15, 0.2) is 17.3 Å². The topological polar surface area (TPSA) is 83.3 Å². The molecule has 7 nitrogen and oxygen atoms in total. The summed E-state index contributed by atoms with van der Waals surface area (Å²) in [5.41, 5.74) is 3.90. The molecular formula is C28H27ClFN5O2. The van der Waals surface area contributed by atoms with Crippen LogP contribution in [0.5, 0.6) is 5.75 Å². The SMILES string of the molecule is CN1CCC(n2cc(Nc3c(C(=O)C4CC4)cnc4ccc(-c5cc(F)c(O)c(Cl)c5)cc34)cn2)CC1. The van der Waals surface area contributed by atoms with Gasteiger partial charge in [-0.1, -0.05) is 17.7 Å². The van der Waals surface area contributed by atoms with E-state index in [1.54, 1.807) is 12.4 Å². The Bertz CT molecular complexity index is 1480. The number of nitrogens with one attached hydrogen (secondary N) is 1. The molecule has 190 valence electrons. The van der Waals surface area contributed by atoms with Crippen LogP contribution >= 0.6 is 11.6 Å². The van der Waals surface area contributed by atoms with Gasteiger partial charge in [0, 0.05) is 23.7 Å². The largest absolute Gasteiger partial charge is 0.504 e. The van der Waals surface area contributed by atoms with Gasteiger partial charge in [-0.2, -0.15) is 5.10 Å². The van der Waals surface area contributed by atoms with Gasteiger partial charge in [-0.3, -0.25) is 14.5 Å². The number of benzene rings is 2. The van der Waals surface area contributed by atoms with Crippen LogP contribution in [0.4, 0.5) is 15.8 Å². The van der Waals surface area contributed by atoms with Gasteiger partial charge in [0.1, 0.15) is 0 Å². The zero-order valence-electron chi connectivity index (χ0n) is 20.4. The Labute approximate surface area is 218 Å². The van der Waals surface area contributed by atoms with Gasteiger partial charge < -0.3 is 15.3 Å². The molecule has 9 heteroatoms. The first-order chi connectivity index (χ1) is 17.9. The summed E-state index contributed by atoms with van der Waals surface area (Å²) < 4.78 is 16.2. The molecule has 3 heterocycles. The number of hydrogen-bond acceptors (Lipinski definition) is 6. The number of aromatic nitrogens is 3. The number of carbonyl (C=O) groups excluding carboxylic acids is 1. The van der Waals surface area contributed by atoms with Crippen LogP contribution in [0.3, 0.4) is 0 Å². The molecule has 2 aromatic carbocycles. The third-order valence-corrected chi connectivity index (χ3v) is 7.65. The summed E-state index contributed by atoms with van der Waals surface area (Å²) in [6.07, 6.45) is 9.27. The molecule has 0 bridgehead atoms. The van der Waals surface area contributed by atoms with Crippen LogP contribution in [0.1, 0.15) is 42.1 Å². The minimum Gasteiger partial charge on any atom is -0.504 e. The zero-order chi connectivity index (χ0) is 25.7. The Morgan fingerprint density at radius 2 is 1.89 bits per heavy atom. The lowest BCUT2D eigenvalue weighted by atomic mass is 9.99. The fourth-order valence-corrected chi connectivity index (χ4v) is 5.21. The van der Waals surface area contributed by atoms with Gasteiger partial charge in [-0.15, -0.1) is 0 Å². The maximum atomic E-state index is 14.2. The molecule has 6 rings (SSSR count). The summed E-state index contributed by atoms with van der Waals surface area (Å²) in [4.78, 5) is 20.1. The number of aromatic hydroxyl groups is 1. The number of phenolic OH excluding ortho intramolecular Hbond substituents is 1. The highest BCUT2D eigenvalue weighted by molar-refractivity contribution is 6.32. The van der Waals surface area contributed by atoms with Gasteiger partial charge in [0.25, 0.3) is 0 Å². The number of halogens is 2. The number of rotatable bonds is 6. The van der Waals surface area contributed by atoms with Crippen LogP contribution in [0.15, 0.2) is 48.9 Å². The van der Waals surface area contributed by atoms with E-state index >= 15 is 0 Å². The minimum absolute atomic E-state index is 0.0231. The van der Waals surface area contributed by atoms with Crippen molar-refractivity contribution in [2.75, 3.05) is 25.5 Å². The summed E-state index contributed by atoms with van der Waals surface area (Å²) in [5, 5.41) is 18.5. The van der Waals surface area contributed by atoms with Crippen molar-refractivity contribution < 1.29 is 14.3 Å². The second-order valence-electron chi connectivity index (χ2n) is 10.1. The van der Waals surface area contributed by atoms with Crippen molar-refractivity contribution in [2.24, 2.45) is 5.92 Å². The number of Topliss-reactive ketones (excluding diaryl/α,β-unsaturated/α-hetero) is 1. The summed E-state index contributed by atoms with van der Waals surface area (Å²) in [5.74, 6) is -1.27. The van der Waals surface area contributed by atoms with Crippen LogP contribution < -0.4 is 5.32 Å². The lowest BCUT2D eigenvalue weighted by Crippen LogP contribution is -2.31. The second kappa shape index (κ2) is 9.43. The van der Waals surface area contributed by atoms with Crippen molar-refractivity contribution in [1.82, 2.24) is 19.7 Å². The van der Waals surface area contributed by atoms with E-state index in [2.05, 4.69) is 27.3 Å². The maximum absolute atomic E-state index is 14.2. The summed E-state index contributed by atoms with van der Waals surface area (Å²) in [7, 11) is 2.13. The highest BCUT2D eigenvalue weighted by atomic mass is 35.5. The molecule has 2 N–H and O–H groups in total. The molecule has 0 atom stereocenters. The van der Waals surface area contributed by atoms with E-state index in [-0.39, 0.29) is 16.7 Å². The Morgan fingerprint density at radius 1 is 1.11 bits per heavy atom. The molecule has 0 spiro atoms. The van der Waals surface area contributed by atoms with E-state index in [1.165, 1.54) is 12.1 Å². The van der Waals surface area contributed by atoms with Crippen LogP contribution in [-0.2, 0) is 0 Å². The zero-order valence-corrected chi connectivity index (χ0v) is 21.2. The minimum atomic E-state index is -0.793. The van der Waals surface area contributed by atoms with Crippen LogP contribution in [0, 0.1) is 11.7 Å². The number of pyridine rings is 1. The summed E-state index contributed by atoms with van der Waals surface area (Å²) in [6.45, 7) is 2.07. The summed E-state index contributed by atoms with van der Waals surface area (Å²) in [6, 6.07) is 8.64. The van der Waals surface area contributed by atoms with Crippen molar-refractivity contribution in [3.63, 3.8) is 0 Å². The lowest BCUT2D eigenvalue weighted by molar-refractivity contribution is 0.0968. The Balaban J connectivity index is 1.42. The van der Waals surface area contributed by atoms with E-state index < -0.39 is 11.6 Å². The smallest absolute Gasteiger partial charge is 0.170 e. The number of hydrogen-bond donors (Lipinski definition) is 2. The van der Waals surface area contributed by atoms with Crippen molar-refractivity contribution in [3.8, 4) is 16.9 Å². The van der Waals surface area contributed by atoms with Gasteiger partial charge in [-0.05, 0) is 81.2 Å². The number of fused-ring (bicyclic) bond motifs is 1. The van der Waals surface area contributed by atoms with Crippen molar-refractivity contribution in [2.45, 2.75) is 31.7 Å². The first-order valence-electron chi connectivity index (χ1n) is 12.5. The molecule has 1 saturated carbocycles. The molecule has 0 radical (unpaired) electrons. The fraction of sp³-hybridized carbons (Fsp3) is 0.321. The first-order valence-corrected chi connectivity index (χ1v) is 12.9. The highest BCUT2D eigenvalue weighted by Gasteiger charge is 2.33. The van der Waals surface area contributed by atoms with Crippen molar-refractivity contribution in [1.29, 1.82) is 0 Å². The second-order valence-corrected chi connectivity index (χ2v) is 10.5. The predicted molar refractivity (Wildman–Crippen MR) is 142 cm³/mol. The van der Waals surface area contributed by atoms with E-state index in [4.69, 9.17) is 11.6 Å². The average molecular weight is 520 g/mol. The predicted octanol–water partition coefficient (Wildman–Crippen LogP) is 6.20. The van der Waals surface area contributed by atoms with Gasteiger partial charge >= 0.3 is 0 Å². The number of piperidine rings is 1. The third-order valence-electron chi connectivity index (χ3n) is 7.36. The van der Waals surface area contributed by atoms with Gasteiger partial charge in [0.05, 0.1) is 39.7 Å². The van der Waals surface area contributed by atoms with Gasteiger partial charge in [0.2, 0.25) is 0 Å². The molecule has 0 amide bonds. The molecule has 2 aliphatic rings. The van der Waals surface area contributed by atoms with E-state index in [0.29, 0.717) is 33.9 Å². The Kier molecular flexibility index (Phi) is 6.09. The number of anilines is 2. The number of likely N-dealkylation sites (tertiary alicyclic amines) is 1. The molecule has 2 aromatic heterocycles.